The van der Waals surface area contributed by atoms with Gasteiger partial charge in [0.2, 0.25) is 5.91 Å². The third-order valence-corrected chi connectivity index (χ3v) is 4.96. The average Bonchev–Trinajstić information content (AvgIpc) is 2.50. The lowest BCUT2D eigenvalue weighted by atomic mass is 9.91. The molecule has 0 saturated carbocycles. The van der Waals surface area contributed by atoms with E-state index in [1.54, 1.807) is 6.07 Å². The molecule has 0 aliphatic carbocycles. The Kier molecular flexibility index (Phi) is 6.74. The highest BCUT2D eigenvalue weighted by atomic mass is 35.5. The van der Waals surface area contributed by atoms with Crippen LogP contribution in [0.4, 0.5) is 5.82 Å². The van der Waals surface area contributed by atoms with Gasteiger partial charge in [0.25, 0.3) is 0 Å². The summed E-state index contributed by atoms with van der Waals surface area (Å²) in [5.41, 5.74) is -0.0373. The molecule has 0 aromatic carbocycles. The van der Waals surface area contributed by atoms with Gasteiger partial charge in [-0.05, 0) is 12.3 Å². The number of nitrogens with zero attached hydrogens (tertiary/aromatic N) is 4. The second-order valence-electron chi connectivity index (χ2n) is 7.63. The molecule has 0 unspecified atom stereocenters. The van der Waals surface area contributed by atoms with Gasteiger partial charge >= 0.3 is 5.97 Å². The highest BCUT2D eigenvalue weighted by molar-refractivity contribution is 7.99. The quantitative estimate of drug-likeness (QED) is 0.462. The summed E-state index contributed by atoms with van der Waals surface area (Å²) in [6, 6.07) is 1.73. The number of carbonyl (C=O) groups is 2. The van der Waals surface area contributed by atoms with Gasteiger partial charge < -0.3 is 14.9 Å². The van der Waals surface area contributed by atoms with Crippen LogP contribution in [0.2, 0.25) is 5.15 Å². The largest absolute Gasteiger partial charge is 0.481 e. The lowest BCUT2D eigenvalue weighted by Crippen LogP contribution is -2.54. The molecule has 0 radical (unpaired) electrons. The Bertz CT molecular complexity index is 680. The fourth-order valence-corrected chi connectivity index (χ4v) is 3.63. The molecule has 1 aromatic rings. The predicted octanol–water partition coefficient (Wildman–Crippen LogP) is 2.78. The fraction of sp³-hybridized carbons (Fsp3) is 0.647. The first-order valence-electron chi connectivity index (χ1n) is 8.49. The number of amides is 1. The number of carbonyl (C=O) groups excluding carboxylic acids is 1. The van der Waals surface area contributed by atoms with E-state index < -0.39 is 5.97 Å². The van der Waals surface area contributed by atoms with E-state index >= 15 is 0 Å². The summed E-state index contributed by atoms with van der Waals surface area (Å²) < 4.78 is 0. The van der Waals surface area contributed by atoms with Crippen molar-refractivity contribution in [2.75, 3.05) is 30.3 Å². The molecule has 9 heteroatoms. The van der Waals surface area contributed by atoms with E-state index in [0.29, 0.717) is 37.0 Å². The van der Waals surface area contributed by atoms with Crippen molar-refractivity contribution in [3.63, 3.8) is 0 Å². The van der Waals surface area contributed by atoms with Crippen LogP contribution in [-0.2, 0) is 9.59 Å². The number of halogens is 1. The van der Waals surface area contributed by atoms with Crippen LogP contribution in [0.25, 0.3) is 0 Å². The normalized spacial score (nSPS) is 18.1. The summed E-state index contributed by atoms with van der Waals surface area (Å²) in [5.74, 6) is -0.221. The molecular formula is C17H25ClN4O3S. The van der Waals surface area contributed by atoms with Gasteiger partial charge in [-0.1, -0.05) is 44.1 Å². The van der Waals surface area contributed by atoms with E-state index in [1.165, 1.54) is 0 Å². The summed E-state index contributed by atoms with van der Waals surface area (Å²) in [6.45, 7) is 10.1. The maximum absolute atomic E-state index is 12.5. The number of anilines is 1. The molecule has 2 rings (SSSR count). The van der Waals surface area contributed by atoms with Crippen LogP contribution < -0.4 is 4.90 Å². The van der Waals surface area contributed by atoms with Crippen LogP contribution >= 0.6 is 23.4 Å². The van der Waals surface area contributed by atoms with Crippen LogP contribution in [0.15, 0.2) is 11.2 Å². The standard InChI is InChI=1S/C17H25ClN4O3S/c1-11-9-21(5-6-22(11)14(23)8-17(2,3)4)13-7-12(18)19-16(20-13)26-10-15(24)25/h7,11H,5-6,8-10H2,1-4H3,(H,24,25)/t11-/m0/s1. The molecule has 0 bridgehead atoms. The monoisotopic (exact) mass is 400 g/mol. The number of thioether (sulfide) groups is 1. The van der Waals surface area contributed by atoms with Crippen LogP contribution in [0.1, 0.15) is 34.1 Å². The van der Waals surface area contributed by atoms with Crippen LogP contribution in [0, 0.1) is 5.41 Å². The Labute approximate surface area is 163 Å². The van der Waals surface area contributed by atoms with E-state index in [1.807, 2.05) is 11.8 Å². The summed E-state index contributed by atoms with van der Waals surface area (Å²) in [4.78, 5) is 35.7. The lowest BCUT2D eigenvalue weighted by Gasteiger charge is -2.41. The molecule has 1 aromatic heterocycles. The smallest absolute Gasteiger partial charge is 0.313 e. The zero-order chi connectivity index (χ0) is 19.5. The number of aliphatic carboxylic acids is 1. The van der Waals surface area contributed by atoms with Gasteiger partial charge in [0.05, 0.1) is 5.75 Å². The summed E-state index contributed by atoms with van der Waals surface area (Å²) in [7, 11) is 0. The van der Waals surface area contributed by atoms with E-state index in [2.05, 4.69) is 35.6 Å². The van der Waals surface area contributed by atoms with E-state index in [4.69, 9.17) is 16.7 Å². The predicted molar refractivity (Wildman–Crippen MR) is 103 cm³/mol. The minimum absolute atomic E-state index is 0.0373. The van der Waals surface area contributed by atoms with Crippen molar-refractivity contribution < 1.29 is 14.7 Å². The van der Waals surface area contributed by atoms with Crippen LogP contribution in [0.3, 0.4) is 0 Å². The number of carboxylic acid groups (broad SMARTS) is 1. The molecule has 144 valence electrons. The highest BCUT2D eigenvalue weighted by Crippen LogP contribution is 2.26. The van der Waals surface area contributed by atoms with Crippen molar-refractivity contribution in [3.8, 4) is 0 Å². The van der Waals surface area contributed by atoms with Crippen molar-refractivity contribution in [2.45, 2.75) is 45.3 Å². The fourth-order valence-electron chi connectivity index (χ4n) is 2.83. The number of carboxylic acids is 1. The first-order chi connectivity index (χ1) is 12.0. The topological polar surface area (TPSA) is 86.6 Å². The maximum Gasteiger partial charge on any atom is 0.313 e. The van der Waals surface area contributed by atoms with Gasteiger partial charge in [-0.2, -0.15) is 0 Å². The molecule has 26 heavy (non-hydrogen) atoms. The summed E-state index contributed by atoms with van der Waals surface area (Å²) >= 11 is 7.11. The first kappa shape index (κ1) is 20.8. The maximum atomic E-state index is 12.5. The second-order valence-corrected chi connectivity index (χ2v) is 8.96. The summed E-state index contributed by atoms with van der Waals surface area (Å²) in [6.07, 6.45) is 0.520. The van der Waals surface area contributed by atoms with E-state index in [-0.39, 0.29) is 28.3 Å². The average molecular weight is 401 g/mol. The Morgan fingerprint density at radius 2 is 2.04 bits per heavy atom. The van der Waals surface area contributed by atoms with Gasteiger partial charge in [0.1, 0.15) is 11.0 Å². The Balaban J connectivity index is 2.06. The lowest BCUT2D eigenvalue weighted by molar-refractivity contribution is -0.135. The molecule has 1 aliphatic rings. The van der Waals surface area contributed by atoms with Gasteiger partial charge in [-0.3, -0.25) is 9.59 Å². The molecule has 1 atom stereocenters. The van der Waals surface area contributed by atoms with Gasteiger partial charge in [-0.15, -0.1) is 0 Å². The van der Waals surface area contributed by atoms with Gasteiger partial charge in [0.15, 0.2) is 5.16 Å². The molecule has 1 saturated heterocycles. The van der Waals surface area contributed by atoms with E-state index in [9.17, 15) is 9.59 Å². The number of hydrogen-bond donors (Lipinski definition) is 1. The van der Waals surface area contributed by atoms with Crippen molar-refractivity contribution >= 4 is 41.1 Å². The zero-order valence-corrected chi connectivity index (χ0v) is 17.1. The molecule has 1 N–H and O–H groups in total. The van der Waals surface area contributed by atoms with Crippen molar-refractivity contribution in [1.82, 2.24) is 14.9 Å². The van der Waals surface area contributed by atoms with Crippen LogP contribution in [-0.4, -0.2) is 63.3 Å². The Hall–Kier alpha value is -1.54. The first-order valence-corrected chi connectivity index (χ1v) is 9.85. The molecular weight excluding hydrogens is 376 g/mol. The number of aromatic nitrogens is 2. The van der Waals surface area contributed by atoms with Crippen molar-refractivity contribution in [2.24, 2.45) is 5.41 Å². The number of piperazine rings is 1. The highest BCUT2D eigenvalue weighted by Gasteiger charge is 2.30. The molecule has 0 spiro atoms. The van der Waals surface area contributed by atoms with Gasteiger partial charge in [-0.25, -0.2) is 9.97 Å². The third kappa shape index (κ3) is 6.02. The molecule has 2 heterocycles. The SMILES string of the molecule is C[C@H]1CN(c2cc(Cl)nc(SCC(=O)O)n2)CCN1C(=O)CC(C)(C)C. The van der Waals surface area contributed by atoms with Crippen molar-refractivity contribution in [3.05, 3.63) is 11.2 Å². The Morgan fingerprint density at radius 1 is 1.35 bits per heavy atom. The molecule has 1 aliphatic heterocycles. The third-order valence-electron chi connectivity index (χ3n) is 3.94. The summed E-state index contributed by atoms with van der Waals surface area (Å²) in [5, 5.41) is 9.42. The number of rotatable bonds is 5. The Morgan fingerprint density at radius 3 is 2.62 bits per heavy atom. The van der Waals surface area contributed by atoms with Crippen molar-refractivity contribution in [1.29, 1.82) is 0 Å². The number of hydrogen-bond acceptors (Lipinski definition) is 6. The molecule has 7 nitrogen and oxygen atoms in total. The minimum Gasteiger partial charge on any atom is -0.481 e. The molecule has 1 fully saturated rings. The van der Waals surface area contributed by atoms with E-state index in [0.717, 1.165) is 11.8 Å². The second kappa shape index (κ2) is 8.43. The zero-order valence-electron chi connectivity index (χ0n) is 15.5. The van der Waals surface area contributed by atoms with Crippen LogP contribution in [0.5, 0.6) is 0 Å². The van der Waals surface area contributed by atoms with Gasteiger partial charge in [0, 0.05) is 38.2 Å². The molecule has 1 amide bonds. The minimum atomic E-state index is -0.931.